The van der Waals surface area contributed by atoms with Gasteiger partial charge in [-0.3, -0.25) is 10.00 Å². The van der Waals surface area contributed by atoms with Crippen LogP contribution >= 0.6 is 11.8 Å². The summed E-state index contributed by atoms with van der Waals surface area (Å²) in [6.07, 6.45) is 1.17. The van der Waals surface area contributed by atoms with Crippen molar-refractivity contribution < 1.29 is 5.11 Å². The lowest BCUT2D eigenvalue weighted by atomic mass is 10.3. The summed E-state index contributed by atoms with van der Waals surface area (Å²) in [4.78, 5) is 6.28. The molecular formula is C9H17N5OS. The Hall–Kier alpha value is -0.630. The highest BCUT2D eigenvalue weighted by Gasteiger charge is 2.14. The van der Waals surface area contributed by atoms with Crippen LogP contribution in [0.5, 0.6) is 0 Å². The Morgan fingerprint density at radius 3 is 3.00 bits per heavy atom. The quantitative estimate of drug-likeness (QED) is 0.586. The molecule has 16 heavy (non-hydrogen) atoms. The third-order valence-electron chi connectivity index (χ3n) is 2.48. The Morgan fingerprint density at radius 1 is 1.50 bits per heavy atom. The molecule has 3 N–H and O–H groups in total. The molecule has 0 aromatic carbocycles. The lowest BCUT2D eigenvalue weighted by Crippen LogP contribution is -2.46. The summed E-state index contributed by atoms with van der Waals surface area (Å²) < 4.78 is 0. The van der Waals surface area contributed by atoms with Crippen LogP contribution in [0.1, 0.15) is 0 Å². The topological polar surface area (TPSA) is 77.1 Å². The van der Waals surface area contributed by atoms with Crippen LogP contribution in [0.3, 0.4) is 0 Å². The van der Waals surface area contributed by atoms with E-state index in [0.717, 1.165) is 37.9 Å². The molecule has 1 aliphatic heterocycles. The van der Waals surface area contributed by atoms with E-state index in [9.17, 15) is 5.11 Å². The highest BCUT2D eigenvalue weighted by molar-refractivity contribution is 7.99. The van der Waals surface area contributed by atoms with Gasteiger partial charge < -0.3 is 10.4 Å². The lowest BCUT2D eigenvalue weighted by molar-refractivity contribution is 0.121. The minimum Gasteiger partial charge on any atom is -0.391 e. The van der Waals surface area contributed by atoms with Crippen molar-refractivity contribution in [2.24, 2.45) is 0 Å². The minimum atomic E-state index is -0.312. The molecule has 1 aromatic heterocycles. The molecule has 0 spiro atoms. The van der Waals surface area contributed by atoms with Crippen LogP contribution in [0.25, 0.3) is 0 Å². The fraction of sp³-hybridized carbons (Fsp3) is 0.778. The minimum absolute atomic E-state index is 0.312. The maximum atomic E-state index is 9.86. The molecule has 1 atom stereocenters. The number of hydrogen-bond acceptors (Lipinski definition) is 6. The van der Waals surface area contributed by atoms with Gasteiger partial charge in [-0.2, -0.15) is 5.10 Å². The van der Waals surface area contributed by atoms with Crippen molar-refractivity contribution in [2.45, 2.75) is 11.3 Å². The van der Waals surface area contributed by atoms with Gasteiger partial charge in [0.15, 0.2) is 5.16 Å². The maximum Gasteiger partial charge on any atom is 0.183 e. The monoisotopic (exact) mass is 243 g/mol. The fourth-order valence-corrected chi connectivity index (χ4v) is 2.38. The van der Waals surface area contributed by atoms with Gasteiger partial charge in [0.25, 0.3) is 0 Å². The van der Waals surface area contributed by atoms with Gasteiger partial charge in [-0.05, 0) is 0 Å². The highest BCUT2D eigenvalue weighted by atomic mass is 32.2. The van der Waals surface area contributed by atoms with Crippen LogP contribution in [-0.2, 0) is 0 Å². The summed E-state index contributed by atoms with van der Waals surface area (Å²) in [6, 6.07) is 0. The van der Waals surface area contributed by atoms with Crippen LogP contribution in [0, 0.1) is 0 Å². The molecule has 7 heteroatoms. The van der Waals surface area contributed by atoms with Crippen LogP contribution < -0.4 is 5.32 Å². The second kappa shape index (κ2) is 6.19. The molecule has 2 heterocycles. The molecule has 1 unspecified atom stereocenters. The number of nitrogens with zero attached hydrogens (tertiary/aromatic N) is 3. The number of thioether (sulfide) groups is 1. The average Bonchev–Trinajstić information content (AvgIpc) is 2.81. The lowest BCUT2D eigenvalue weighted by Gasteiger charge is -2.28. The highest BCUT2D eigenvalue weighted by Crippen LogP contribution is 2.12. The van der Waals surface area contributed by atoms with Crippen molar-refractivity contribution in [3.8, 4) is 0 Å². The zero-order valence-electron chi connectivity index (χ0n) is 9.09. The molecule has 0 aliphatic carbocycles. The zero-order chi connectivity index (χ0) is 11.2. The van der Waals surface area contributed by atoms with Gasteiger partial charge in [-0.15, -0.1) is 0 Å². The number of aromatic nitrogens is 3. The number of nitrogens with one attached hydrogen (secondary N) is 2. The third-order valence-corrected chi connectivity index (χ3v) is 3.51. The number of aliphatic hydroxyl groups excluding tert-OH is 1. The first-order valence-electron chi connectivity index (χ1n) is 5.44. The van der Waals surface area contributed by atoms with Crippen LogP contribution in [0.2, 0.25) is 0 Å². The van der Waals surface area contributed by atoms with E-state index in [1.54, 1.807) is 0 Å². The third kappa shape index (κ3) is 3.75. The van der Waals surface area contributed by atoms with E-state index in [0.29, 0.717) is 5.75 Å². The number of hydrogen-bond donors (Lipinski definition) is 3. The van der Waals surface area contributed by atoms with Crippen molar-refractivity contribution in [1.82, 2.24) is 25.4 Å². The molecule has 0 amide bonds. The molecule has 90 valence electrons. The maximum absolute atomic E-state index is 9.86. The Balaban J connectivity index is 1.65. The molecule has 6 nitrogen and oxygen atoms in total. The molecule has 1 fully saturated rings. The standard InChI is InChI=1S/C9H17N5OS/c15-8(5-14-3-1-10-2-4-14)6-16-9-11-7-12-13-9/h7-8,10,15H,1-6H2,(H,11,12,13). The molecule has 0 radical (unpaired) electrons. The van der Waals surface area contributed by atoms with Gasteiger partial charge in [-0.25, -0.2) is 4.98 Å². The van der Waals surface area contributed by atoms with E-state index in [4.69, 9.17) is 0 Å². The molecular weight excluding hydrogens is 226 g/mol. The normalized spacial score (nSPS) is 19.8. The number of β-amino-alcohol motifs (C(OH)–C–C–N with tert-alkyl or cyclic N) is 1. The molecule has 1 aliphatic rings. The predicted octanol–water partition coefficient (Wildman–Crippen LogP) is -0.837. The predicted molar refractivity (Wildman–Crippen MR) is 62.4 cm³/mol. The number of rotatable bonds is 5. The summed E-state index contributed by atoms with van der Waals surface area (Å²) in [5, 5.41) is 20.4. The van der Waals surface area contributed by atoms with Gasteiger partial charge in [0.1, 0.15) is 6.33 Å². The Bertz CT molecular complexity index is 288. The molecule has 0 bridgehead atoms. The van der Waals surface area contributed by atoms with Crippen LogP contribution in [0.4, 0.5) is 0 Å². The summed E-state index contributed by atoms with van der Waals surface area (Å²) in [5.74, 6) is 0.652. The van der Waals surface area contributed by atoms with Gasteiger partial charge in [0.05, 0.1) is 6.10 Å². The van der Waals surface area contributed by atoms with E-state index < -0.39 is 0 Å². The second-order valence-electron chi connectivity index (χ2n) is 3.81. The number of aromatic amines is 1. The van der Waals surface area contributed by atoms with Gasteiger partial charge in [-0.1, -0.05) is 11.8 Å². The molecule has 0 saturated carbocycles. The van der Waals surface area contributed by atoms with E-state index in [2.05, 4.69) is 25.4 Å². The van der Waals surface area contributed by atoms with Crippen molar-refractivity contribution in [2.75, 3.05) is 38.5 Å². The number of aliphatic hydroxyl groups is 1. The van der Waals surface area contributed by atoms with E-state index >= 15 is 0 Å². The van der Waals surface area contributed by atoms with Crippen molar-refractivity contribution in [3.05, 3.63) is 6.33 Å². The van der Waals surface area contributed by atoms with Gasteiger partial charge in [0, 0.05) is 38.5 Å². The molecule has 2 rings (SSSR count). The Labute approximate surface area is 98.8 Å². The first-order valence-corrected chi connectivity index (χ1v) is 6.42. The van der Waals surface area contributed by atoms with Crippen molar-refractivity contribution in [1.29, 1.82) is 0 Å². The summed E-state index contributed by atoms with van der Waals surface area (Å²) in [7, 11) is 0. The first-order chi connectivity index (χ1) is 7.84. The Morgan fingerprint density at radius 2 is 2.31 bits per heavy atom. The number of H-pyrrole nitrogens is 1. The average molecular weight is 243 g/mol. The second-order valence-corrected chi connectivity index (χ2v) is 4.81. The Kier molecular flexibility index (Phi) is 4.58. The summed E-state index contributed by atoms with van der Waals surface area (Å²) in [5.41, 5.74) is 0. The van der Waals surface area contributed by atoms with Crippen molar-refractivity contribution >= 4 is 11.8 Å². The SMILES string of the molecule is OC(CSc1ncn[nH]1)CN1CCNCC1. The zero-order valence-corrected chi connectivity index (χ0v) is 9.91. The van der Waals surface area contributed by atoms with Crippen LogP contribution in [-0.4, -0.2) is 69.8 Å². The van der Waals surface area contributed by atoms with Crippen LogP contribution in [0.15, 0.2) is 11.5 Å². The molecule has 1 aromatic rings. The van der Waals surface area contributed by atoms with E-state index in [1.165, 1.54) is 18.1 Å². The van der Waals surface area contributed by atoms with Crippen molar-refractivity contribution in [3.63, 3.8) is 0 Å². The largest absolute Gasteiger partial charge is 0.391 e. The van der Waals surface area contributed by atoms with E-state index in [-0.39, 0.29) is 6.10 Å². The van der Waals surface area contributed by atoms with Gasteiger partial charge >= 0.3 is 0 Å². The van der Waals surface area contributed by atoms with Gasteiger partial charge in [0.2, 0.25) is 0 Å². The van der Waals surface area contributed by atoms with E-state index in [1.807, 2.05) is 0 Å². The summed E-state index contributed by atoms with van der Waals surface area (Å²) in [6.45, 7) is 4.81. The first kappa shape index (κ1) is 11.8. The fourth-order valence-electron chi connectivity index (χ4n) is 1.68. The number of piperazine rings is 1. The summed E-state index contributed by atoms with van der Waals surface area (Å²) >= 11 is 1.50. The molecule has 1 saturated heterocycles. The smallest absolute Gasteiger partial charge is 0.183 e.